The molecule has 1 saturated carbocycles. The Bertz CT molecular complexity index is 599. The average Bonchev–Trinajstić information content (AvgIpc) is 2.44. The van der Waals surface area contributed by atoms with E-state index in [1.807, 2.05) is 13.8 Å². The Morgan fingerprint density at radius 3 is 2.23 bits per heavy atom. The van der Waals surface area contributed by atoms with Gasteiger partial charge in [0, 0.05) is 25.1 Å². The van der Waals surface area contributed by atoms with Gasteiger partial charge in [-0.2, -0.15) is 0 Å². The van der Waals surface area contributed by atoms with E-state index in [1.54, 1.807) is 32.4 Å². The van der Waals surface area contributed by atoms with Crippen LogP contribution in [-0.4, -0.2) is 32.0 Å². The van der Waals surface area contributed by atoms with E-state index in [1.165, 1.54) is 6.21 Å². The number of hydrogen-bond acceptors (Lipinski definition) is 5. The summed E-state index contributed by atoms with van der Waals surface area (Å²) in [6, 6.07) is 5.19. The van der Waals surface area contributed by atoms with Crippen LogP contribution in [-0.2, 0) is 9.59 Å². The van der Waals surface area contributed by atoms with Gasteiger partial charge in [-0.05, 0) is 17.5 Å². The number of ketones is 2. The number of methoxy groups -OCH3 is 2. The Morgan fingerprint density at radius 1 is 1.09 bits per heavy atom. The maximum Gasteiger partial charge on any atom is 0.162 e. The molecule has 0 heterocycles. The van der Waals surface area contributed by atoms with Crippen molar-refractivity contribution >= 4 is 23.5 Å². The van der Waals surface area contributed by atoms with Crippen molar-refractivity contribution in [1.29, 1.82) is 0 Å². The summed E-state index contributed by atoms with van der Waals surface area (Å²) < 4.78 is 10.4. The molecule has 1 aliphatic rings. The monoisotopic (exact) mass is 303 g/mol. The van der Waals surface area contributed by atoms with Crippen LogP contribution in [0.15, 0.2) is 23.2 Å². The molecule has 1 aromatic rings. The first-order chi connectivity index (χ1) is 10.4. The van der Waals surface area contributed by atoms with E-state index in [0.717, 1.165) is 0 Å². The number of ether oxygens (including phenoxy) is 2. The van der Waals surface area contributed by atoms with Crippen molar-refractivity contribution < 1.29 is 19.1 Å². The van der Waals surface area contributed by atoms with Crippen LogP contribution in [0, 0.1) is 11.3 Å². The summed E-state index contributed by atoms with van der Waals surface area (Å²) in [6.07, 6.45) is 2.25. The molecule has 0 aliphatic heterocycles. The topological polar surface area (TPSA) is 65.0 Å². The van der Waals surface area contributed by atoms with E-state index in [9.17, 15) is 9.59 Å². The number of hydrogen-bond donors (Lipinski definition) is 0. The predicted octanol–water partition coefficient (Wildman–Crippen LogP) is 2.98. The van der Waals surface area contributed by atoms with Crippen LogP contribution in [0.25, 0.3) is 0 Å². The number of Topliss-reactive ketones (excluding diaryl/α,β-unsaturated/α-hetero) is 2. The van der Waals surface area contributed by atoms with Gasteiger partial charge in [-0.1, -0.05) is 13.8 Å². The molecule has 0 amide bonds. The lowest BCUT2D eigenvalue weighted by Crippen LogP contribution is -2.38. The molecular weight excluding hydrogens is 282 g/mol. The Balaban J connectivity index is 2.18. The number of aliphatic imine (C=N–C) groups is 1. The molecule has 22 heavy (non-hydrogen) atoms. The van der Waals surface area contributed by atoms with E-state index in [-0.39, 0.29) is 17.0 Å². The van der Waals surface area contributed by atoms with E-state index < -0.39 is 5.92 Å². The van der Waals surface area contributed by atoms with Gasteiger partial charge in [0.25, 0.3) is 0 Å². The van der Waals surface area contributed by atoms with E-state index in [0.29, 0.717) is 30.0 Å². The molecule has 118 valence electrons. The van der Waals surface area contributed by atoms with Gasteiger partial charge in [0.2, 0.25) is 0 Å². The van der Waals surface area contributed by atoms with Crippen molar-refractivity contribution in [2.45, 2.75) is 26.7 Å². The molecule has 0 bridgehead atoms. The standard InChI is InChI=1S/C17H21NO4/c1-17(2)8-13(19)12(14(20)9-17)10-18-11-5-6-15(21-3)16(7-11)22-4/h5-7,10,12H,8-9H2,1-4H3. The SMILES string of the molecule is COc1ccc(N=CC2C(=O)CC(C)(C)CC2=O)cc1OC. The summed E-state index contributed by atoms with van der Waals surface area (Å²) in [5.74, 6) is 0.296. The summed E-state index contributed by atoms with van der Waals surface area (Å²) in [4.78, 5) is 28.5. The van der Waals surface area contributed by atoms with Crippen LogP contribution in [0.2, 0.25) is 0 Å². The van der Waals surface area contributed by atoms with Crippen LogP contribution in [0.5, 0.6) is 11.5 Å². The van der Waals surface area contributed by atoms with Crippen LogP contribution in [0.3, 0.4) is 0 Å². The van der Waals surface area contributed by atoms with Gasteiger partial charge in [0.1, 0.15) is 17.5 Å². The van der Waals surface area contributed by atoms with Crippen molar-refractivity contribution in [2.75, 3.05) is 14.2 Å². The van der Waals surface area contributed by atoms with Crippen LogP contribution in [0.4, 0.5) is 5.69 Å². The van der Waals surface area contributed by atoms with Crippen LogP contribution < -0.4 is 9.47 Å². The molecule has 0 spiro atoms. The third-order valence-electron chi connectivity index (χ3n) is 3.74. The zero-order chi connectivity index (χ0) is 16.3. The molecular formula is C17H21NO4. The zero-order valence-electron chi connectivity index (χ0n) is 13.4. The Labute approximate surface area is 130 Å². The smallest absolute Gasteiger partial charge is 0.162 e. The molecule has 0 radical (unpaired) electrons. The van der Waals surface area contributed by atoms with E-state index >= 15 is 0 Å². The minimum Gasteiger partial charge on any atom is -0.493 e. The quantitative estimate of drug-likeness (QED) is 0.633. The van der Waals surface area contributed by atoms with E-state index in [4.69, 9.17) is 9.47 Å². The third-order valence-corrected chi connectivity index (χ3v) is 3.74. The number of rotatable bonds is 4. The highest BCUT2D eigenvalue weighted by molar-refractivity contribution is 6.16. The van der Waals surface area contributed by atoms with Crippen LogP contribution in [0.1, 0.15) is 26.7 Å². The van der Waals surface area contributed by atoms with Gasteiger partial charge in [-0.3, -0.25) is 14.6 Å². The van der Waals surface area contributed by atoms with Gasteiger partial charge in [0.05, 0.1) is 19.9 Å². The minimum absolute atomic E-state index is 0.0644. The van der Waals surface area contributed by atoms with Crippen molar-refractivity contribution in [3.05, 3.63) is 18.2 Å². The second-order valence-electron chi connectivity index (χ2n) is 6.25. The molecule has 0 unspecified atom stereocenters. The molecule has 0 N–H and O–H groups in total. The Kier molecular flexibility index (Phi) is 4.64. The van der Waals surface area contributed by atoms with Gasteiger partial charge in [-0.15, -0.1) is 0 Å². The second kappa shape index (κ2) is 6.30. The van der Waals surface area contributed by atoms with Gasteiger partial charge in [0.15, 0.2) is 11.5 Å². The molecule has 0 aromatic heterocycles. The number of carbonyl (C=O) groups excluding carboxylic acids is 2. The Hall–Kier alpha value is -2.17. The summed E-state index contributed by atoms with van der Waals surface area (Å²) >= 11 is 0. The fourth-order valence-corrected chi connectivity index (χ4v) is 2.64. The normalized spacial score (nSPS) is 18.7. The number of benzene rings is 1. The fraction of sp³-hybridized carbons (Fsp3) is 0.471. The van der Waals surface area contributed by atoms with Crippen molar-refractivity contribution in [3.8, 4) is 11.5 Å². The highest BCUT2D eigenvalue weighted by Gasteiger charge is 2.38. The molecule has 0 atom stereocenters. The highest BCUT2D eigenvalue weighted by atomic mass is 16.5. The van der Waals surface area contributed by atoms with E-state index in [2.05, 4.69) is 4.99 Å². The molecule has 5 heteroatoms. The van der Waals surface area contributed by atoms with Crippen molar-refractivity contribution in [1.82, 2.24) is 0 Å². The summed E-state index contributed by atoms with van der Waals surface area (Å²) in [7, 11) is 3.10. The second-order valence-corrected chi connectivity index (χ2v) is 6.25. The van der Waals surface area contributed by atoms with Gasteiger partial charge < -0.3 is 9.47 Å². The maximum atomic E-state index is 12.1. The van der Waals surface area contributed by atoms with Crippen molar-refractivity contribution in [2.24, 2.45) is 16.3 Å². The average molecular weight is 303 g/mol. The summed E-state index contributed by atoms with van der Waals surface area (Å²) in [6.45, 7) is 3.87. The first-order valence-electron chi connectivity index (χ1n) is 7.18. The number of nitrogens with zero attached hydrogens (tertiary/aromatic N) is 1. The fourth-order valence-electron chi connectivity index (χ4n) is 2.64. The lowest BCUT2D eigenvalue weighted by atomic mass is 9.72. The van der Waals surface area contributed by atoms with Crippen molar-refractivity contribution in [3.63, 3.8) is 0 Å². The van der Waals surface area contributed by atoms with Gasteiger partial charge in [-0.25, -0.2) is 0 Å². The Morgan fingerprint density at radius 2 is 1.68 bits per heavy atom. The summed E-state index contributed by atoms with van der Waals surface area (Å²) in [5, 5.41) is 0. The lowest BCUT2D eigenvalue weighted by molar-refractivity contribution is -0.136. The molecule has 0 saturated heterocycles. The highest BCUT2D eigenvalue weighted by Crippen LogP contribution is 2.34. The molecule has 2 rings (SSSR count). The lowest BCUT2D eigenvalue weighted by Gasteiger charge is -2.30. The van der Waals surface area contributed by atoms with Crippen LogP contribution >= 0.6 is 0 Å². The molecule has 5 nitrogen and oxygen atoms in total. The third kappa shape index (κ3) is 3.53. The minimum atomic E-state index is -0.735. The zero-order valence-corrected chi connectivity index (χ0v) is 13.4. The molecule has 1 aliphatic carbocycles. The molecule has 1 aromatic carbocycles. The first kappa shape index (κ1) is 16.2. The van der Waals surface area contributed by atoms with Gasteiger partial charge >= 0.3 is 0 Å². The largest absolute Gasteiger partial charge is 0.493 e. The summed E-state index contributed by atoms with van der Waals surface area (Å²) in [5.41, 5.74) is 0.366. The number of carbonyl (C=O) groups is 2. The predicted molar refractivity (Wildman–Crippen MR) is 84.2 cm³/mol. The first-order valence-corrected chi connectivity index (χ1v) is 7.18. The maximum absolute atomic E-state index is 12.1. The molecule has 1 fully saturated rings.